The van der Waals surface area contributed by atoms with Gasteiger partial charge in [-0.25, -0.2) is 4.79 Å². The highest BCUT2D eigenvalue weighted by Gasteiger charge is 3.12. The summed E-state index contributed by atoms with van der Waals surface area (Å²) in [5.74, 6) is 3.68. The molecule has 0 aromatic rings. The highest BCUT2D eigenvalue weighted by molar-refractivity contribution is 7.90. The van der Waals surface area contributed by atoms with Gasteiger partial charge in [-0.2, -0.15) is 0 Å². The van der Waals surface area contributed by atoms with Gasteiger partial charge in [0.05, 0.1) is 11.6 Å². The number of nitrogens with one attached hydrogen (secondary N) is 1. The molecule has 6 saturated carbocycles. The third-order valence-corrected chi connectivity index (χ3v) is 10.2. The Balaban J connectivity index is 1.36. The van der Waals surface area contributed by atoms with Crippen molar-refractivity contribution in [2.45, 2.75) is 70.3 Å². The normalized spacial score (nSPS) is 52.5. The SMILES string of the molecule is CC(N[S@@+]([O-])C(C)(C)C)C12C3C4C1C1C2C3C41N(C(=O)O)C(C)(C)C. The Hall–Kier alpha value is -0.460. The molecule has 6 heteroatoms. The lowest BCUT2D eigenvalue weighted by molar-refractivity contribution is -0.647. The van der Waals surface area contributed by atoms with Crippen molar-refractivity contribution >= 4 is 17.5 Å². The molecule has 1 amide bonds. The standard InChI is InChI=1S/C19H30N2O3S/c1-8(20-25(24)17(5,6)7)18-9-12-10(18)14-11(18)13(9)19(12,14)21(15(22)23)16(2,3)4/h8-14,20H,1-7H3,(H,22,23)/t8?,9?,10?,11?,12?,13?,14?,18?,19?,25-/m0/s1. The zero-order chi connectivity index (χ0) is 18.5. The molecule has 0 aromatic heterocycles. The average Bonchev–Trinajstić information content (AvgIpc) is 2.44. The van der Waals surface area contributed by atoms with Crippen molar-refractivity contribution in [2.75, 3.05) is 0 Å². The van der Waals surface area contributed by atoms with Crippen LogP contribution in [0.5, 0.6) is 0 Å². The molecule has 140 valence electrons. The van der Waals surface area contributed by atoms with Crippen LogP contribution in [0, 0.1) is 40.9 Å². The highest BCUT2D eigenvalue weighted by atomic mass is 32.2. The minimum Gasteiger partial charge on any atom is -0.598 e. The Labute approximate surface area is 153 Å². The molecule has 5 nitrogen and oxygen atoms in total. The minimum absolute atomic E-state index is 0.0469. The molecule has 6 aliphatic carbocycles. The third-order valence-electron chi connectivity index (χ3n) is 8.49. The molecular formula is C19H30N2O3S. The number of carbonyl (C=O) groups is 1. The Morgan fingerprint density at radius 3 is 1.84 bits per heavy atom. The van der Waals surface area contributed by atoms with Crippen molar-refractivity contribution in [3.8, 4) is 0 Å². The maximum atomic E-state index is 12.5. The summed E-state index contributed by atoms with van der Waals surface area (Å²) in [4.78, 5) is 13.8. The molecule has 6 rings (SSSR count). The molecule has 2 atom stereocenters. The first-order valence-electron chi connectivity index (χ1n) is 9.56. The second kappa shape index (κ2) is 4.02. The van der Waals surface area contributed by atoms with Crippen LogP contribution >= 0.6 is 0 Å². The Kier molecular flexibility index (Phi) is 2.68. The molecular weight excluding hydrogens is 336 g/mol. The molecule has 6 fully saturated rings. The van der Waals surface area contributed by atoms with E-state index in [4.69, 9.17) is 0 Å². The van der Waals surface area contributed by atoms with Crippen LogP contribution in [0.2, 0.25) is 0 Å². The van der Waals surface area contributed by atoms with Gasteiger partial charge in [-0.15, -0.1) is 4.72 Å². The van der Waals surface area contributed by atoms with E-state index >= 15 is 0 Å². The van der Waals surface area contributed by atoms with E-state index in [1.807, 2.05) is 41.5 Å². The van der Waals surface area contributed by atoms with Crippen LogP contribution in [0.3, 0.4) is 0 Å². The van der Waals surface area contributed by atoms with E-state index in [1.165, 1.54) is 0 Å². The van der Waals surface area contributed by atoms with Crippen molar-refractivity contribution in [1.82, 2.24) is 9.62 Å². The number of hydrogen-bond acceptors (Lipinski definition) is 3. The Bertz CT molecular complexity index is 626. The van der Waals surface area contributed by atoms with Gasteiger partial charge >= 0.3 is 6.09 Å². The predicted molar refractivity (Wildman–Crippen MR) is 96.2 cm³/mol. The van der Waals surface area contributed by atoms with Gasteiger partial charge in [0.2, 0.25) is 0 Å². The van der Waals surface area contributed by atoms with Crippen molar-refractivity contribution < 1.29 is 14.5 Å². The third kappa shape index (κ3) is 1.30. The molecule has 0 aliphatic heterocycles. The minimum atomic E-state index is -1.04. The first-order chi connectivity index (χ1) is 11.3. The van der Waals surface area contributed by atoms with Crippen LogP contribution in [0.4, 0.5) is 4.79 Å². The van der Waals surface area contributed by atoms with Gasteiger partial charge in [-0.05, 0) is 84.0 Å². The van der Waals surface area contributed by atoms with E-state index in [9.17, 15) is 14.5 Å². The fraction of sp³-hybridized carbons (Fsp3) is 0.947. The maximum absolute atomic E-state index is 12.5. The summed E-state index contributed by atoms with van der Waals surface area (Å²) >= 11 is -1.04. The van der Waals surface area contributed by atoms with Gasteiger partial charge in [0.25, 0.3) is 0 Å². The largest absolute Gasteiger partial charge is 0.598 e. The molecule has 0 aromatic carbocycles. The van der Waals surface area contributed by atoms with E-state index in [0.29, 0.717) is 40.9 Å². The van der Waals surface area contributed by atoms with E-state index in [1.54, 1.807) is 4.90 Å². The summed E-state index contributed by atoms with van der Waals surface area (Å²) < 4.78 is 15.7. The number of carboxylic acid groups (broad SMARTS) is 1. The summed E-state index contributed by atoms with van der Waals surface area (Å²) in [6.45, 7) is 14.3. The van der Waals surface area contributed by atoms with E-state index < -0.39 is 17.5 Å². The molecule has 1 unspecified atom stereocenters. The fourth-order valence-corrected chi connectivity index (χ4v) is 9.22. The molecule has 0 spiro atoms. The second-order valence-electron chi connectivity index (χ2n) is 11.1. The predicted octanol–water partition coefficient (Wildman–Crippen LogP) is 2.70. The molecule has 2 N–H and O–H groups in total. The van der Waals surface area contributed by atoms with Gasteiger partial charge in [0, 0.05) is 22.3 Å². The van der Waals surface area contributed by atoms with Crippen LogP contribution in [-0.2, 0) is 11.4 Å². The van der Waals surface area contributed by atoms with Crippen LogP contribution in [0.1, 0.15) is 48.5 Å². The van der Waals surface area contributed by atoms with Gasteiger partial charge in [0.1, 0.15) is 4.75 Å². The first kappa shape index (κ1) is 16.7. The summed E-state index contributed by atoms with van der Waals surface area (Å²) in [6, 6.07) is 0.266. The van der Waals surface area contributed by atoms with Gasteiger partial charge in [0.15, 0.2) is 0 Å². The quantitative estimate of drug-likeness (QED) is 0.750. The highest BCUT2D eigenvalue weighted by Crippen LogP contribution is 3.08. The summed E-state index contributed by atoms with van der Waals surface area (Å²) in [6.07, 6.45) is -0.753. The van der Waals surface area contributed by atoms with E-state index in [2.05, 4.69) is 11.6 Å². The molecule has 0 heterocycles. The zero-order valence-corrected chi connectivity index (χ0v) is 17.0. The fourth-order valence-electron chi connectivity index (χ4n) is 8.34. The molecule has 0 saturated heterocycles. The summed E-state index contributed by atoms with van der Waals surface area (Å²) in [5.41, 5.74) is -0.0596. The van der Waals surface area contributed by atoms with Gasteiger partial charge in [-0.1, -0.05) is 0 Å². The topological polar surface area (TPSA) is 75.6 Å². The smallest absolute Gasteiger partial charge is 0.408 e. The number of amides is 1. The summed E-state index contributed by atoms with van der Waals surface area (Å²) in [7, 11) is 0. The Morgan fingerprint density at radius 1 is 1.08 bits per heavy atom. The maximum Gasteiger partial charge on any atom is 0.408 e. The van der Waals surface area contributed by atoms with E-state index in [-0.39, 0.29) is 21.9 Å². The molecule has 0 radical (unpaired) electrons. The van der Waals surface area contributed by atoms with Crippen LogP contribution in [0.25, 0.3) is 0 Å². The van der Waals surface area contributed by atoms with Gasteiger partial charge in [-0.3, -0.25) is 4.90 Å². The van der Waals surface area contributed by atoms with Crippen molar-refractivity contribution in [3.05, 3.63) is 0 Å². The molecule has 6 aliphatic rings. The zero-order valence-electron chi connectivity index (χ0n) is 16.2. The van der Waals surface area contributed by atoms with E-state index in [0.717, 1.165) is 0 Å². The number of nitrogens with zero attached hydrogens (tertiary/aromatic N) is 1. The summed E-state index contributed by atoms with van der Waals surface area (Å²) in [5, 5.41) is 9.86. The first-order valence-corrected chi connectivity index (χ1v) is 10.7. The lowest BCUT2D eigenvalue weighted by atomic mass is 8.93. The van der Waals surface area contributed by atoms with Gasteiger partial charge < -0.3 is 9.66 Å². The monoisotopic (exact) mass is 366 g/mol. The number of rotatable bonds is 4. The molecule has 0 bridgehead atoms. The lowest BCUT2D eigenvalue weighted by Gasteiger charge is -3.12. The van der Waals surface area contributed by atoms with Crippen molar-refractivity contribution in [1.29, 1.82) is 0 Å². The van der Waals surface area contributed by atoms with Crippen molar-refractivity contribution in [2.24, 2.45) is 40.9 Å². The second-order valence-corrected chi connectivity index (χ2v) is 13.0. The van der Waals surface area contributed by atoms with Crippen molar-refractivity contribution in [3.63, 3.8) is 0 Å². The number of hydrogen-bond donors (Lipinski definition) is 2. The Morgan fingerprint density at radius 2 is 1.52 bits per heavy atom. The van der Waals surface area contributed by atoms with Crippen LogP contribution in [-0.4, -0.2) is 42.5 Å². The van der Waals surface area contributed by atoms with Crippen LogP contribution in [0.15, 0.2) is 0 Å². The average molecular weight is 367 g/mol. The van der Waals surface area contributed by atoms with Crippen LogP contribution < -0.4 is 4.72 Å². The lowest BCUT2D eigenvalue weighted by Crippen LogP contribution is -3.17. The molecule has 25 heavy (non-hydrogen) atoms.